The molecule has 2 nitrogen and oxygen atoms in total. The van der Waals surface area contributed by atoms with E-state index in [2.05, 4.69) is 30.3 Å². The highest BCUT2D eigenvalue weighted by molar-refractivity contribution is 6.31. The van der Waals surface area contributed by atoms with Gasteiger partial charge in [0.15, 0.2) is 0 Å². The fourth-order valence-corrected chi connectivity index (χ4v) is 2.24. The van der Waals surface area contributed by atoms with Gasteiger partial charge in [-0.2, -0.15) is 0 Å². The Morgan fingerprint density at radius 1 is 1.35 bits per heavy atom. The first-order chi connectivity index (χ1) is 8.16. The Balaban J connectivity index is 1.93. The Labute approximate surface area is 108 Å². The zero-order valence-electron chi connectivity index (χ0n) is 10.5. The molecule has 0 aromatic heterocycles. The Hall–Kier alpha value is -0.830. The first kappa shape index (κ1) is 12.6. The van der Waals surface area contributed by atoms with E-state index in [1.165, 1.54) is 11.1 Å². The van der Waals surface area contributed by atoms with Gasteiger partial charge in [0.25, 0.3) is 0 Å². The van der Waals surface area contributed by atoms with Crippen molar-refractivity contribution in [2.75, 3.05) is 26.7 Å². The van der Waals surface area contributed by atoms with E-state index in [1.54, 1.807) is 5.57 Å². The maximum absolute atomic E-state index is 6.16. The molecule has 1 saturated heterocycles. The van der Waals surface area contributed by atoms with Gasteiger partial charge in [-0.1, -0.05) is 35.4 Å². The van der Waals surface area contributed by atoms with Crippen molar-refractivity contribution >= 4 is 11.6 Å². The molecule has 0 amide bonds. The second-order valence-electron chi connectivity index (χ2n) is 4.75. The summed E-state index contributed by atoms with van der Waals surface area (Å²) in [7, 11) is 2.14. The first-order valence-corrected chi connectivity index (χ1v) is 6.35. The molecular formula is C14H19ClN2. The van der Waals surface area contributed by atoms with Crippen LogP contribution in [0.25, 0.3) is 0 Å². The molecular weight excluding hydrogens is 232 g/mol. The van der Waals surface area contributed by atoms with Gasteiger partial charge in [-0.3, -0.25) is 4.90 Å². The molecule has 0 unspecified atom stereocenters. The summed E-state index contributed by atoms with van der Waals surface area (Å²) >= 11 is 6.16. The maximum atomic E-state index is 6.16. The molecule has 1 aliphatic heterocycles. The van der Waals surface area contributed by atoms with Crippen LogP contribution in [0.1, 0.15) is 12.5 Å². The van der Waals surface area contributed by atoms with E-state index in [9.17, 15) is 0 Å². The van der Waals surface area contributed by atoms with Crippen LogP contribution in [0.2, 0.25) is 5.02 Å². The third-order valence-electron chi connectivity index (χ3n) is 3.19. The highest BCUT2D eigenvalue weighted by Gasteiger charge is 2.12. The van der Waals surface area contributed by atoms with Crippen LogP contribution >= 0.6 is 11.6 Å². The van der Waals surface area contributed by atoms with Gasteiger partial charge in [0.05, 0.1) is 0 Å². The molecule has 0 radical (unpaired) electrons. The molecule has 0 aliphatic carbocycles. The molecule has 3 heteroatoms. The van der Waals surface area contributed by atoms with Crippen molar-refractivity contribution in [3.05, 3.63) is 46.0 Å². The van der Waals surface area contributed by atoms with Gasteiger partial charge in [-0.25, -0.2) is 0 Å². The van der Waals surface area contributed by atoms with E-state index in [0.717, 1.165) is 31.2 Å². The van der Waals surface area contributed by atoms with Crippen molar-refractivity contribution in [1.29, 1.82) is 0 Å². The van der Waals surface area contributed by atoms with E-state index < -0.39 is 0 Å². The third kappa shape index (κ3) is 3.32. The predicted molar refractivity (Wildman–Crippen MR) is 73.4 cm³/mol. The van der Waals surface area contributed by atoms with Gasteiger partial charge in [0.2, 0.25) is 0 Å². The minimum atomic E-state index is 0.856. The summed E-state index contributed by atoms with van der Waals surface area (Å²) in [6.45, 7) is 6.26. The zero-order valence-corrected chi connectivity index (χ0v) is 11.2. The van der Waals surface area contributed by atoms with Gasteiger partial charge < -0.3 is 5.32 Å². The molecule has 1 aromatic rings. The summed E-state index contributed by atoms with van der Waals surface area (Å²) in [6.07, 6.45) is 0. The lowest BCUT2D eigenvalue weighted by Crippen LogP contribution is -2.36. The summed E-state index contributed by atoms with van der Waals surface area (Å²) in [6, 6.07) is 8.05. The molecule has 92 valence electrons. The Kier molecular flexibility index (Phi) is 4.21. The molecule has 0 spiro atoms. The number of hydrogen-bond donors (Lipinski definition) is 1. The number of halogens is 1. The zero-order chi connectivity index (χ0) is 12.3. The fraction of sp³-hybridized carbons (Fsp3) is 0.429. The fourth-order valence-electron chi connectivity index (χ4n) is 2.04. The highest BCUT2D eigenvalue weighted by atomic mass is 35.5. The number of rotatable bonds is 4. The maximum Gasteiger partial charge on any atom is 0.0451 e. The van der Waals surface area contributed by atoms with E-state index >= 15 is 0 Å². The van der Waals surface area contributed by atoms with Crippen LogP contribution in [0.3, 0.4) is 0 Å². The lowest BCUT2D eigenvalue weighted by atomic mass is 10.0. The number of nitrogens with one attached hydrogen (secondary N) is 1. The van der Waals surface area contributed by atoms with Crippen LogP contribution in [-0.2, 0) is 6.54 Å². The van der Waals surface area contributed by atoms with Crippen molar-refractivity contribution in [2.45, 2.75) is 13.5 Å². The summed E-state index contributed by atoms with van der Waals surface area (Å²) in [5, 5.41) is 4.13. The van der Waals surface area contributed by atoms with E-state index in [-0.39, 0.29) is 0 Å². The standard InChI is InChI=1S/C14H19ClN2/c1-11(13-7-16-8-13)9-17(2)10-12-5-3-4-6-14(12)15/h3-6,16H,7-10H2,1-2H3. The van der Waals surface area contributed by atoms with Crippen LogP contribution in [0, 0.1) is 0 Å². The molecule has 1 aromatic carbocycles. The molecule has 1 aliphatic rings. The topological polar surface area (TPSA) is 15.3 Å². The van der Waals surface area contributed by atoms with Crippen molar-refractivity contribution in [1.82, 2.24) is 10.2 Å². The van der Waals surface area contributed by atoms with Crippen LogP contribution in [0.4, 0.5) is 0 Å². The minimum absolute atomic E-state index is 0.856. The first-order valence-electron chi connectivity index (χ1n) is 5.97. The molecule has 1 heterocycles. The number of nitrogens with zero attached hydrogens (tertiary/aromatic N) is 1. The normalized spacial score (nSPS) is 14.9. The van der Waals surface area contributed by atoms with Crippen LogP contribution < -0.4 is 5.32 Å². The molecule has 1 fully saturated rings. The number of hydrogen-bond acceptors (Lipinski definition) is 2. The van der Waals surface area contributed by atoms with E-state index in [0.29, 0.717) is 0 Å². The van der Waals surface area contributed by atoms with E-state index in [4.69, 9.17) is 11.6 Å². The summed E-state index contributed by atoms with van der Waals surface area (Å²) in [5.74, 6) is 0. The quantitative estimate of drug-likeness (QED) is 0.827. The molecule has 17 heavy (non-hydrogen) atoms. The SMILES string of the molecule is CC(CN(C)Cc1ccccc1Cl)=C1CNC1. The van der Waals surface area contributed by atoms with Gasteiger partial charge in [-0.15, -0.1) is 0 Å². The lowest BCUT2D eigenvalue weighted by molar-refractivity contribution is 0.352. The minimum Gasteiger partial charge on any atom is -0.309 e. The second-order valence-corrected chi connectivity index (χ2v) is 5.16. The summed E-state index contributed by atoms with van der Waals surface area (Å²) in [5.41, 5.74) is 4.23. The van der Waals surface area contributed by atoms with Crippen molar-refractivity contribution in [2.24, 2.45) is 0 Å². The van der Waals surface area contributed by atoms with Gasteiger partial charge in [-0.05, 0) is 31.2 Å². The van der Waals surface area contributed by atoms with Crippen LogP contribution in [-0.4, -0.2) is 31.6 Å². The number of benzene rings is 1. The molecule has 0 saturated carbocycles. The third-order valence-corrected chi connectivity index (χ3v) is 3.55. The van der Waals surface area contributed by atoms with Gasteiger partial charge in [0, 0.05) is 31.2 Å². The van der Waals surface area contributed by atoms with Crippen LogP contribution in [0.15, 0.2) is 35.4 Å². The van der Waals surface area contributed by atoms with Crippen molar-refractivity contribution in [3.8, 4) is 0 Å². The lowest BCUT2D eigenvalue weighted by Gasteiger charge is -2.25. The Morgan fingerprint density at radius 2 is 2.06 bits per heavy atom. The van der Waals surface area contributed by atoms with Gasteiger partial charge >= 0.3 is 0 Å². The average molecular weight is 251 g/mol. The summed E-state index contributed by atoms with van der Waals surface area (Å²) in [4.78, 5) is 2.31. The monoisotopic (exact) mass is 250 g/mol. The van der Waals surface area contributed by atoms with Crippen molar-refractivity contribution in [3.63, 3.8) is 0 Å². The smallest absolute Gasteiger partial charge is 0.0451 e. The second kappa shape index (κ2) is 5.67. The highest BCUT2D eigenvalue weighted by Crippen LogP contribution is 2.17. The Morgan fingerprint density at radius 3 is 2.65 bits per heavy atom. The number of likely N-dealkylation sites (N-methyl/N-ethyl adjacent to an activating group) is 1. The molecule has 1 N–H and O–H groups in total. The molecule has 0 bridgehead atoms. The molecule has 0 atom stereocenters. The van der Waals surface area contributed by atoms with Crippen molar-refractivity contribution < 1.29 is 0 Å². The van der Waals surface area contributed by atoms with E-state index in [1.807, 2.05) is 18.2 Å². The molecule has 2 rings (SSSR count). The Bertz CT molecular complexity index is 420. The average Bonchev–Trinajstić information content (AvgIpc) is 2.18. The van der Waals surface area contributed by atoms with Crippen LogP contribution in [0.5, 0.6) is 0 Å². The predicted octanol–water partition coefficient (Wildman–Crippen LogP) is 2.69. The largest absolute Gasteiger partial charge is 0.309 e. The van der Waals surface area contributed by atoms with Gasteiger partial charge in [0.1, 0.15) is 0 Å². The summed E-state index contributed by atoms with van der Waals surface area (Å²) < 4.78 is 0.